The van der Waals surface area contributed by atoms with Crippen molar-refractivity contribution < 1.29 is 9.00 Å². The minimum absolute atomic E-state index is 0.00810. The highest BCUT2D eigenvalue weighted by atomic mass is 35.5. The number of nitrogens with zero attached hydrogens (tertiary/aromatic N) is 1. The molecule has 1 heterocycles. The molecule has 0 aliphatic carbocycles. The number of hydrogen-bond acceptors (Lipinski definition) is 3. The quantitative estimate of drug-likeness (QED) is 0.860. The van der Waals surface area contributed by atoms with Crippen LogP contribution in [-0.2, 0) is 15.6 Å². The molecule has 18 heavy (non-hydrogen) atoms. The fraction of sp³-hybridized carbons (Fsp3) is 0.417. The molecule has 0 spiro atoms. The summed E-state index contributed by atoms with van der Waals surface area (Å²) in [5.41, 5.74) is 6.12. The van der Waals surface area contributed by atoms with Crippen LogP contribution < -0.4 is 5.73 Å². The molecule has 1 aromatic carbocycles. The van der Waals surface area contributed by atoms with Gasteiger partial charge in [0, 0.05) is 23.8 Å². The number of likely N-dealkylation sites (tertiary alicyclic amines) is 1. The van der Waals surface area contributed by atoms with Gasteiger partial charge in [0.05, 0.1) is 15.7 Å². The van der Waals surface area contributed by atoms with Crippen molar-refractivity contribution in [2.75, 3.05) is 24.6 Å². The van der Waals surface area contributed by atoms with Crippen LogP contribution in [-0.4, -0.2) is 33.9 Å². The Kier molecular flexibility index (Phi) is 4.24. The van der Waals surface area contributed by atoms with Crippen LogP contribution in [0.5, 0.6) is 0 Å². The van der Waals surface area contributed by atoms with E-state index in [-0.39, 0.29) is 11.7 Å². The zero-order chi connectivity index (χ0) is 13.1. The van der Waals surface area contributed by atoms with Gasteiger partial charge in [0.1, 0.15) is 5.75 Å². The lowest BCUT2D eigenvalue weighted by atomic mass is 10.3. The van der Waals surface area contributed by atoms with E-state index in [1.165, 1.54) is 0 Å². The van der Waals surface area contributed by atoms with Crippen LogP contribution in [0.1, 0.15) is 12.8 Å². The highest BCUT2D eigenvalue weighted by Crippen LogP contribution is 2.21. The van der Waals surface area contributed by atoms with Crippen LogP contribution in [0.4, 0.5) is 5.69 Å². The molecular weight excluding hydrogens is 272 g/mol. The Balaban J connectivity index is 2.05. The summed E-state index contributed by atoms with van der Waals surface area (Å²) < 4.78 is 12.1. The SMILES string of the molecule is Nc1cc(Cl)ccc1S(=O)CC(=O)N1CCCC1. The number of carbonyl (C=O) groups is 1. The Labute approximate surface area is 114 Å². The Morgan fingerprint density at radius 2 is 2.06 bits per heavy atom. The number of halogens is 1. The number of rotatable bonds is 3. The summed E-state index contributed by atoms with van der Waals surface area (Å²) >= 11 is 5.78. The van der Waals surface area contributed by atoms with E-state index in [0.29, 0.717) is 15.6 Å². The van der Waals surface area contributed by atoms with E-state index in [0.717, 1.165) is 25.9 Å². The number of benzene rings is 1. The molecular formula is C12H15ClN2O2S. The molecule has 6 heteroatoms. The van der Waals surface area contributed by atoms with Gasteiger partial charge in [0.25, 0.3) is 0 Å². The van der Waals surface area contributed by atoms with Crippen molar-refractivity contribution in [3.8, 4) is 0 Å². The normalized spacial score (nSPS) is 16.8. The van der Waals surface area contributed by atoms with Gasteiger partial charge in [-0.3, -0.25) is 9.00 Å². The van der Waals surface area contributed by atoms with Crippen LogP contribution in [0.3, 0.4) is 0 Å². The smallest absolute Gasteiger partial charge is 0.235 e. The van der Waals surface area contributed by atoms with Crippen LogP contribution in [0.25, 0.3) is 0 Å². The number of amides is 1. The van der Waals surface area contributed by atoms with E-state index >= 15 is 0 Å². The van der Waals surface area contributed by atoms with Crippen LogP contribution in [0.15, 0.2) is 23.1 Å². The third-order valence-electron chi connectivity index (χ3n) is 2.93. The Morgan fingerprint density at radius 1 is 1.39 bits per heavy atom. The summed E-state index contributed by atoms with van der Waals surface area (Å²) in [6, 6.07) is 4.80. The van der Waals surface area contributed by atoms with Gasteiger partial charge >= 0.3 is 0 Å². The van der Waals surface area contributed by atoms with E-state index in [1.807, 2.05) is 0 Å². The molecule has 1 atom stereocenters. The molecule has 0 saturated carbocycles. The Hall–Kier alpha value is -1.07. The second-order valence-corrected chi connectivity index (χ2v) is 6.12. The predicted octanol–water partition coefficient (Wildman–Crippen LogP) is 1.65. The monoisotopic (exact) mass is 286 g/mol. The lowest BCUT2D eigenvalue weighted by Gasteiger charge is -2.15. The third kappa shape index (κ3) is 3.03. The van der Waals surface area contributed by atoms with Crippen molar-refractivity contribution >= 4 is 34.0 Å². The zero-order valence-corrected chi connectivity index (χ0v) is 11.5. The summed E-state index contributed by atoms with van der Waals surface area (Å²) in [6.45, 7) is 1.54. The highest BCUT2D eigenvalue weighted by molar-refractivity contribution is 7.86. The maximum atomic E-state index is 12.1. The third-order valence-corrected chi connectivity index (χ3v) is 4.54. The summed E-state index contributed by atoms with van der Waals surface area (Å²) in [6.07, 6.45) is 2.06. The first kappa shape index (κ1) is 13.4. The second-order valence-electron chi connectivity index (χ2n) is 4.26. The molecule has 0 aromatic heterocycles. The molecule has 2 rings (SSSR count). The Morgan fingerprint density at radius 3 is 2.67 bits per heavy atom. The van der Waals surface area contributed by atoms with E-state index in [1.54, 1.807) is 23.1 Å². The number of nitrogen functional groups attached to an aromatic ring is 1. The van der Waals surface area contributed by atoms with Gasteiger partial charge in [-0.1, -0.05) is 11.6 Å². The van der Waals surface area contributed by atoms with Crippen molar-refractivity contribution in [1.82, 2.24) is 4.90 Å². The van der Waals surface area contributed by atoms with Crippen molar-refractivity contribution in [3.05, 3.63) is 23.2 Å². The Bertz CT molecular complexity index is 487. The number of hydrogen-bond donors (Lipinski definition) is 1. The van der Waals surface area contributed by atoms with Gasteiger partial charge < -0.3 is 10.6 Å². The molecule has 0 bridgehead atoms. The van der Waals surface area contributed by atoms with Gasteiger partial charge in [0.15, 0.2) is 0 Å². The molecule has 1 fully saturated rings. The van der Waals surface area contributed by atoms with Crippen molar-refractivity contribution in [2.45, 2.75) is 17.7 Å². The molecule has 2 N–H and O–H groups in total. The second kappa shape index (κ2) is 5.71. The topological polar surface area (TPSA) is 63.4 Å². The maximum Gasteiger partial charge on any atom is 0.235 e. The van der Waals surface area contributed by atoms with Gasteiger partial charge in [-0.05, 0) is 31.0 Å². The van der Waals surface area contributed by atoms with E-state index in [4.69, 9.17) is 17.3 Å². The molecule has 1 aliphatic rings. The summed E-state index contributed by atoms with van der Waals surface area (Å²) in [5, 5.41) is 0.499. The van der Waals surface area contributed by atoms with Crippen molar-refractivity contribution in [3.63, 3.8) is 0 Å². The fourth-order valence-corrected chi connectivity index (χ4v) is 3.26. The van der Waals surface area contributed by atoms with Gasteiger partial charge in [0.2, 0.25) is 5.91 Å². The van der Waals surface area contributed by atoms with Crippen LogP contribution in [0.2, 0.25) is 5.02 Å². The van der Waals surface area contributed by atoms with Crippen molar-refractivity contribution in [1.29, 1.82) is 0 Å². The predicted molar refractivity (Wildman–Crippen MR) is 73.0 cm³/mol. The average Bonchev–Trinajstić information content (AvgIpc) is 2.81. The molecule has 98 valence electrons. The largest absolute Gasteiger partial charge is 0.398 e. The van der Waals surface area contributed by atoms with E-state index in [2.05, 4.69) is 0 Å². The van der Waals surface area contributed by atoms with Gasteiger partial charge in [-0.15, -0.1) is 0 Å². The van der Waals surface area contributed by atoms with Gasteiger partial charge in [-0.2, -0.15) is 0 Å². The molecule has 1 unspecified atom stereocenters. The molecule has 1 aliphatic heterocycles. The molecule has 1 saturated heterocycles. The zero-order valence-electron chi connectivity index (χ0n) is 9.89. The first-order chi connectivity index (χ1) is 8.58. The minimum Gasteiger partial charge on any atom is -0.398 e. The molecule has 1 aromatic rings. The average molecular weight is 287 g/mol. The highest BCUT2D eigenvalue weighted by Gasteiger charge is 2.21. The number of anilines is 1. The van der Waals surface area contributed by atoms with Gasteiger partial charge in [-0.25, -0.2) is 0 Å². The first-order valence-corrected chi connectivity index (χ1v) is 7.49. The number of carbonyl (C=O) groups excluding carboxylic acids is 1. The summed E-state index contributed by atoms with van der Waals surface area (Å²) in [5.74, 6) is -0.0774. The molecule has 0 radical (unpaired) electrons. The minimum atomic E-state index is -1.40. The molecule has 1 amide bonds. The van der Waals surface area contributed by atoms with E-state index in [9.17, 15) is 9.00 Å². The van der Waals surface area contributed by atoms with Crippen LogP contribution in [0, 0.1) is 0 Å². The molecule has 4 nitrogen and oxygen atoms in total. The lowest BCUT2D eigenvalue weighted by Crippen LogP contribution is -2.31. The fourth-order valence-electron chi connectivity index (χ4n) is 1.97. The number of nitrogens with two attached hydrogens (primary N) is 1. The maximum absolute atomic E-state index is 12.1. The lowest BCUT2D eigenvalue weighted by molar-refractivity contribution is -0.127. The van der Waals surface area contributed by atoms with Crippen molar-refractivity contribution in [2.24, 2.45) is 0 Å². The van der Waals surface area contributed by atoms with Crippen LogP contribution >= 0.6 is 11.6 Å². The summed E-state index contributed by atoms with van der Waals surface area (Å²) in [4.78, 5) is 14.1. The first-order valence-electron chi connectivity index (χ1n) is 5.79. The van der Waals surface area contributed by atoms with E-state index < -0.39 is 10.8 Å². The standard InChI is InChI=1S/C12H15ClN2O2S/c13-9-3-4-11(10(14)7-9)18(17)8-12(16)15-5-1-2-6-15/h3-4,7H,1-2,5-6,8,14H2. The summed E-state index contributed by atoms with van der Waals surface area (Å²) in [7, 11) is -1.40.